The highest BCUT2D eigenvalue weighted by atomic mass is 16.3. The van der Waals surface area contributed by atoms with E-state index >= 15 is 0 Å². The van der Waals surface area contributed by atoms with Gasteiger partial charge < -0.3 is 20.6 Å². The van der Waals surface area contributed by atoms with Gasteiger partial charge in [-0.2, -0.15) is 0 Å². The van der Waals surface area contributed by atoms with Crippen molar-refractivity contribution in [3.8, 4) is 0 Å². The van der Waals surface area contributed by atoms with Gasteiger partial charge in [-0.15, -0.1) is 0 Å². The number of carbonyl (C=O) groups excluding carboxylic acids is 1. The van der Waals surface area contributed by atoms with Gasteiger partial charge in [-0.1, -0.05) is 25.7 Å². The topological polar surface area (TPSA) is 69.8 Å². The van der Waals surface area contributed by atoms with E-state index in [9.17, 15) is 9.90 Å². The zero-order chi connectivity index (χ0) is 17.5. The number of amides is 1. The van der Waals surface area contributed by atoms with Crippen LogP contribution in [0.15, 0.2) is 0 Å². The fourth-order valence-corrected chi connectivity index (χ4v) is 4.31. The van der Waals surface area contributed by atoms with E-state index in [1.807, 2.05) is 18.9 Å². The minimum absolute atomic E-state index is 0.0191. The van der Waals surface area contributed by atoms with E-state index in [4.69, 9.17) is 5.73 Å². The molecule has 0 aromatic carbocycles. The Balaban J connectivity index is 1.78. The average Bonchev–Trinajstić information content (AvgIpc) is 2.52. The van der Waals surface area contributed by atoms with Gasteiger partial charge in [0.05, 0.1) is 12.0 Å². The number of aliphatic hydroxyl groups is 1. The molecular formula is C19H37N3O2. The average molecular weight is 340 g/mol. The number of nitrogens with zero attached hydrogens (tertiary/aromatic N) is 2. The Morgan fingerprint density at radius 2 is 1.79 bits per heavy atom. The Hall–Kier alpha value is -0.650. The summed E-state index contributed by atoms with van der Waals surface area (Å²) in [5.74, 6) is 0.857. The molecule has 0 aromatic rings. The van der Waals surface area contributed by atoms with Crippen molar-refractivity contribution in [2.75, 3.05) is 33.2 Å². The van der Waals surface area contributed by atoms with E-state index in [0.717, 1.165) is 64.7 Å². The van der Waals surface area contributed by atoms with Gasteiger partial charge in [0.2, 0.25) is 5.91 Å². The van der Waals surface area contributed by atoms with Crippen molar-refractivity contribution in [2.24, 2.45) is 17.6 Å². The first-order valence-electron chi connectivity index (χ1n) is 9.88. The van der Waals surface area contributed by atoms with E-state index in [1.165, 1.54) is 12.8 Å². The van der Waals surface area contributed by atoms with Gasteiger partial charge in [0.25, 0.3) is 0 Å². The molecule has 5 nitrogen and oxygen atoms in total. The standard InChI is InChI=1S/C19H37N3O2/c1-15(23)13-22-11-9-16(10-12-22)14-21(2)19(24)17-7-5-3-4-6-8-18(17)20/h15-18,23H,3-14,20H2,1-2H3. The Kier molecular flexibility index (Phi) is 7.98. The summed E-state index contributed by atoms with van der Waals surface area (Å²) in [6, 6.07) is 0.0353. The molecule has 1 aliphatic heterocycles. The van der Waals surface area contributed by atoms with Crippen LogP contribution in [-0.2, 0) is 4.79 Å². The number of piperidine rings is 1. The summed E-state index contributed by atoms with van der Waals surface area (Å²) in [7, 11) is 1.95. The molecule has 1 heterocycles. The normalized spacial score (nSPS) is 28.8. The molecule has 1 saturated carbocycles. The molecule has 0 spiro atoms. The lowest BCUT2D eigenvalue weighted by molar-refractivity contribution is -0.136. The molecule has 5 heteroatoms. The van der Waals surface area contributed by atoms with Crippen LogP contribution < -0.4 is 5.73 Å². The first-order chi connectivity index (χ1) is 11.5. The third kappa shape index (κ3) is 6.01. The second-order valence-electron chi connectivity index (χ2n) is 8.07. The summed E-state index contributed by atoms with van der Waals surface area (Å²) in [6.45, 7) is 5.51. The Labute approximate surface area is 147 Å². The highest BCUT2D eigenvalue weighted by molar-refractivity contribution is 5.79. The van der Waals surface area contributed by atoms with E-state index in [1.54, 1.807) is 0 Å². The van der Waals surface area contributed by atoms with Crippen molar-refractivity contribution in [1.29, 1.82) is 0 Å². The van der Waals surface area contributed by atoms with Gasteiger partial charge in [0, 0.05) is 26.2 Å². The summed E-state index contributed by atoms with van der Waals surface area (Å²) in [4.78, 5) is 17.1. The van der Waals surface area contributed by atoms with Crippen molar-refractivity contribution in [2.45, 2.75) is 70.4 Å². The number of rotatable bonds is 5. The molecule has 1 aliphatic carbocycles. The molecule has 24 heavy (non-hydrogen) atoms. The summed E-state index contributed by atoms with van der Waals surface area (Å²) < 4.78 is 0. The zero-order valence-corrected chi connectivity index (χ0v) is 15.6. The predicted octanol–water partition coefficient (Wildman–Crippen LogP) is 1.84. The maximum Gasteiger partial charge on any atom is 0.226 e. The third-order valence-corrected chi connectivity index (χ3v) is 5.77. The summed E-state index contributed by atoms with van der Waals surface area (Å²) in [6.07, 6.45) is 8.71. The van der Waals surface area contributed by atoms with Crippen molar-refractivity contribution in [3.63, 3.8) is 0 Å². The van der Waals surface area contributed by atoms with Gasteiger partial charge in [0.1, 0.15) is 0 Å². The Morgan fingerprint density at radius 3 is 2.42 bits per heavy atom. The molecule has 1 saturated heterocycles. The van der Waals surface area contributed by atoms with Crippen LogP contribution in [0, 0.1) is 11.8 Å². The summed E-state index contributed by atoms with van der Waals surface area (Å²) in [5, 5.41) is 9.49. The molecule has 3 atom stereocenters. The predicted molar refractivity (Wildman–Crippen MR) is 97.6 cm³/mol. The fraction of sp³-hybridized carbons (Fsp3) is 0.947. The number of nitrogens with two attached hydrogens (primary N) is 1. The first kappa shape index (κ1) is 19.7. The van der Waals surface area contributed by atoms with E-state index in [0.29, 0.717) is 5.92 Å². The van der Waals surface area contributed by atoms with Crippen molar-refractivity contribution in [3.05, 3.63) is 0 Å². The van der Waals surface area contributed by atoms with Gasteiger partial charge in [-0.05, 0) is 51.6 Å². The number of aliphatic hydroxyl groups excluding tert-OH is 1. The smallest absolute Gasteiger partial charge is 0.226 e. The lowest BCUT2D eigenvalue weighted by Gasteiger charge is -2.36. The monoisotopic (exact) mass is 339 g/mol. The van der Waals surface area contributed by atoms with Crippen LogP contribution in [0.1, 0.15) is 58.3 Å². The van der Waals surface area contributed by atoms with Crippen LogP contribution in [0.3, 0.4) is 0 Å². The maximum atomic E-state index is 12.9. The van der Waals surface area contributed by atoms with Gasteiger partial charge in [0.15, 0.2) is 0 Å². The molecule has 0 aromatic heterocycles. The van der Waals surface area contributed by atoms with Gasteiger partial charge in [-0.3, -0.25) is 4.79 Å². The van der Waals surface area contributed by atoms with Crippen molar-refractivity contribution < 1.29 is 9.90 Å². The lowest BCUT2D eigenvalue weighted by atomic mass is 9.86. The van der Waals surface area contributed by atoms with Crippen LogP contribution in [0.4, 0.5) is 0 Å². The van der Waals surface area contributed by atoms with Crippen LogP contribution >= 0.6 is 0 Å². The largest absolute Gasteiger partial charge is 0.392 e. The number of carbonyl (C=O) groups is 1. The highest BCUT2D eigenvalue weighted by Crippen LogP contribution is 2.25. The maximum absolute atomic E-state index is 12.9. The minimum Gasteiger partial charge on any atom is -0.392 e. The highest BCUT2D eigenvalue weighted by Gasteiger charge is 2.30. The molecule has 0 radical (unpaired) electrons. The van der Waals surface area contributed by atoms with Crippen LogP contribution in [-0.4, -0.2) is 66.2 Å². The number of β-amino-alcohol motifs (C(OH)–C–C–N with tert-alkyl or cyclic N) is 1. The quantitative estimate of drug-likeness (QED) is 0.802. The molecular weight excluding hydrogens is 302 g/mol. The zero-order valence-electron chi connectivity index (χ0n) is 15.6. The molecule has 140 valence electrons. The lowest BCUT2D eigenvalue weighted by Crippen LogP contribution is -2.46. The minimum atomic E-state index is -0.258. The van der Waals surface area contributed by atoms with Gasteiger partial charge in [-0.25, -0.2) is 0 Å². The summed E-state index contributed by atoms with van der Waals surface area (Å²) in [5.41, 5.74) is 6.31. The number of hydrogen-bond donors (Lipinski definition) is 2. The SMILES string of the molecule is CC(O)CN1CCC(CN(C)C(=O)C2CCCCCCC2N)CC1. The van der Waals surface area contributed by atoms with Crippen LogP contribution in [0.5, 0.6) is 0 Å². The number of hydrogen-bond acceptors (Lipinski definition) is 4. The van der Waals surface area contributed by atoms with Crippen molar-refractivity contribution >= 4 is 5.91 Å². The van der Waals surface area contributed by atoms with Crippen molar-refractivity contribution in [1.82, 2.24) is 9.80 Å². The summed E-state index contributed by atoms with van der Waals surface area (Å²) >= 11 is 0. The molecule has 3 unspecified atom stereocenters. The van der Waals surface area contributed by atoms with Crippen LogP contribution in [0.2, 0.25) is 0 Å². The van der Waals surface area contributed by atoms with E-state index < -0.39 is 0 Å². The Bertz CT molecular complexity index is 381. The number of likely N-dealkylation sites (tertiary alicyclic amines) is 1. The molecule has 1 amide bonds. The van der Waals surface area contributed by atoms with Crippen LogP contribution in [0.25, 0.3) is 0 Å². The first-order valence-corrected chi connectivity index (χ1v) is 9.88. The Morgan fingerprint density at radius 1 is 1.17 bits per heavy atom. The molecule has 2 aliphatic rings. The van der Waals surface area contributed by atoms with E-state index in [2.05, 4.69) is 4.90 Å². The van der Waals surface area contributed by atoms with Gasteiger partial charge >= 0.3 is 0 Å². The molecule has 3 N–H and O–H groups in total. The third-order valence-electron chi connectivity index (χ3n) is 5.77. The molecule has 2 rings (SSSR count). The molecule has 0 bridgehead atoms. The van der Waals surface area contributed by atoms with E-state index in [-0.39, 0.29) is 24.0 Å². The second-order valence-corrected chi connectivity index (χ2v) is 8.07. The fourth-order valence-electron chi connectivity index (χ4n) is 4.31. The second kappa shape index (κ2) is 9.73. The molecule has 2 fully saturated rings.